The maximum absolute atomic E-state index is 3.64. The van der Waals surface area contributed by atoms with E-state index in [2.05, 4.69) is 79.1 Å². The molecule has 0 fully saturated rings. The van der Waals surface area contributed by atoms with Crippen molar-refractivity contribution in [2.24, 2.45) is 0 Å². The molecule has 1 N–H and O–H groups in total. The van der Waals surface area contributed by atoms with Crippen LogP contribution in [-0.4, -0.2) is 19.1 Å². The van der Waals surface area contributed by atoms with Gasteiger partial charge in [-0.05, 0) is 61.3 Å². The van der Waals surface area contributed by atoms with Gasteiger partial charge in [0.1, 0.15) is 0 Å². The SMILES string of the molecule is CCN(C)c1ccc(CNC(C)(C)C)cc1Br. The van der Waals surface area contributed by atoms with E-state index >= 15 is 0 Å². The molecule has 96 valence electrons. The molecule has 0 aliphatic carbocycles. The summed E-state index contributed by atoms with van der Waals surface area (Å²) in [4.78, 5) is 2.23. The normalized spacial score (nSPS) is 11.6. The molecule has 1 rings (SSSR count). The van der Waals surface area contributed by atoms with Crippen LogP contribution in [0.2, 0.25) is 0 Å². The lowest BCUT2D eigenvalue weighted by Gasteiger charge is -2.22. The van der Waals surface area contributed by atoms with E-state index in [4.69, 9.17) is 0 Å². The van der Waals surface area contributed by atoms with Gasteiger partial charge in [0.25, 0.3) is 0 Å². The van der Waals surface area contributed by atoms with Crippen molar-refractivity contribution in [3.05, 3.63) is 28.2 Å². The summed E-state index contributed by atoms with van der Waals surface area (Å²) in [6.45, 7) is 10.6. The third-order valence-corrected chi connectivity index (χ3v) is 3.36. The van der Waals surface area contributed by atoms with E-state index in [0.717, 1.165) is 17.6 Å². The maximum atomic E-state index is 3.64. The predicted octanol–water partition coefficient (Wildman–Crippen LogP) is 3.79. The molecule has 0 radical (unpaired) electrons. The Kier molecular flexibility index (Phi) is 5.02. The first kappa shape index (κ1) is 14.5. The summed E-state index contributed by atoms with van der Waals surface area (Å²) in [6.07, 6.45) is 0. The van der Waals surface area contributed by atoms with Gasteiger partial charge in [0, 0.05) is 30.1 Å². The molecule has 0 atom stereocenters. The summed E-state index contributed by atoms with van der Waals surface area (Å²) >= 11 is 3.64. The summed E-state index contributed by atoms with van der Waals surface area (Å²) in [5.74, 6) is 0. The number of halogens is 1. The molecule has 0 unspecified atom stereocenters. The fraction of sp³-hybridized carbons (Fsp3) is 0.571. The van der Waals surface area contributed by atoms with Crippen LogP contribution in [0.3, 0.4) is 0 Å². The van der Waals surface area contributed by atoms with Crippen LogP contribution in [-0.2, 0) is 6.54 Å². The Morgan fingerprint density at radius 2 is 1.94 bits per heavy atom. The highest BCUT2D eigenvalue weighted by Gasteiger charge is 2.09. The summed E-state index contributed by atoms with van der Waals surface area (Å²) in [6, 6.07) is 6.55. The Balaban J connectivity index is 2.75. The molecule has 17 heavy (non-hydrogen) atoms. The van der Waals surface area contributed by atoms with Gasteiger partial charge in [-0.25, -0.2) is 0 Å². The second-order valence-corrected chi connectivity index (χ2v) is 6.26. The molecule has 0 saturated heterocycles. The zero-order chi connectivity index (χ0) is 13.1. The largest absolute Gasteiger partial charge is 0.374 e. The molecule has 1 aromatic carbocycles. The summed E-state index contributed by atoms with van der Waals surface area (Å²) < 4.78 is 1.16. The van der Waals surface area contributed by atoms with Crippen LogP contribution in [0.1, 0.15) is 33.3 Å². The fourth-order valence-corrected chi connectivity index (χ4v) is 2.24. The molecule has 3 heteroatoms. The summed E-state index contributed by atoms with van der Waals surface area (Å²) in [5, 5.41) is 3.49. The molecular formula is C14H23BrN2. The van der Waals surface area contributed by atoms with Gasteiger partial charge >= 0.3 is 0 Å². The van der Waals surface area contributed by atoms with Gasteiger partial charge in [0.15, 0.2) is 0 Å². The Morgan fingerprint density at radius 1 is 1.29 bits per heavy atom. The van der Waals surface area contributed by atoms with E-state index < -0.39 is 0 Å². The van der Waals surface area contributed by atoms with Gasteiger partial charge in [-0.1, -0.05) is 6.07 Å². The second-order valence-electron chi connectivity index (χ2n) is 5.40. The highest BCUT2D eigenvalue weighted by atomic mass is 79.9. The van der Waals surface area contributed by atoms with E-state index in [9.17, 15) is 0 Å². The molecule has 0 aromatic heterocycles. The minimum absolute atomic E-state index is 0.158. The van der Waals surface area contributed by atoms with E-state index in [1.807, 2.05) is 0 Å². The van der Waals surface area contributed by atoms with Crippen LogP contribution in [0.15, 0.2) is 22.7 Å². The minimum atomic E-state index is 0.158. The molecule has 1 aromatic rings. The molecule has 2 nitrogen and oxygen atoms in total. The van der Waals surface area contributed by atoms with Crippen LogP contribution in [0.5, 0.6) is 0 Å². The summed E-state index contributed by atoms with van der Waals surface area (Å²) in [7, 11) is 2.10. The quantitative estimate of drug-likeness (QED) is 0.910. The summed E-state index contributed by atoms with van der Waals surface area (Å²) in [5.41, 5.74) is 2.71. The Morgan fingerprint density at radius 3 is 2.41 bits per heavy atom. The molecule has 0 bridgehead atoms. The van der Waals surface area contributed by atoms with E-state index in [-0.39, 0.29) is 5.54 Å². The van der Waals surface area contributed by atoms with Gasteiger partial charge in [-0.15, -0.1) is 0 Å². The number of rotatable bonds is 4. The first-order valence-electron chi connectivity index (χ1n) is 6.08. The number of hydrogen-bond donors (Lipinski definition) is 1. The zero-order valence-corrected chi connectivity index (χ0v) is 13.1. The van der Waals surface area contributed by atoms with Crippen molar-refractivity contribution in [1.82, 2.24) is 5.32 Å². The number of nitrogens with one attached hydrogen (secondary N) is 1. The fourth-order valence-electron chi connectivity index (χ4n) is 1.51. The molecule has 0 aliphatic rings. The van der Waals surface area contributed by atoms with Crippen molar-refractivity contribution in [3.8, 4) is 0 Å². The van der Waals surface area contributed by atoms with Crippen molar-refractivity contribution in [2.45, 2.75) is 39.8 Å². The lowest BCUT2D eigenvalue weighted by Crippen LogP contribution is -2.35. The van der Waals surface area contributed by atoms with Crippen LogP contribution in [0.4, 0.5) is 5.69 Å². The molecule has 0 spiro atoms. The highest BCUT2D eigenvalue weighted by Crippen LogP contribution is 2.26. The van der Waals surface area contributed by atoms with Gasteiger partial charge in [-0.2, -0.15) is 0 Å². The van der Waals surface area contributed by atoms with Gasteiger partial charge in [0.2, 0.25) is 0 Å². The van der Waals surface area contributed by atoms with Gasteiger partial charge in [0.05, 0.1) is 5.69 Å². The Hall–Kier alpha value is -0.540. The average molecular weight is 299 g/mol. The lowest BCUT2D eigenvalue weighted by atomic mass is 10.1. The van der Waals surface area contributed by atoms with Crippen molar-refractivity contribution < 1.29 is 0 Å². The van der Waals surface area contributed by atoms with Crippen molar-refractivity contribution in [2.75, 3.05) is 18.5 Å². The topological polar surface area (TPSA) is 15.3 Å². The third kappa shape index (κ3) is 4.68. The minimum Gasteiger partial charge on any atom is -0.374 e. The monoisotopic (exact) mass is 298 g/mol. The molecule has 0 saturated carbocycles. The average Bonchev–Trinajstić information content (AvgIpc) is 2.24. The van der Waals surface area contributed by atoms with Crippen LogP contribution >= 0.6 is 15.9 Å². The number of benzene rings is 1. The maximum Gasteiger partial charge on any atom is 0.0508 e. The van der Waals surface area contributed by atoms with Crippen molar-refractivity contribution in [3.63, 3.8) is 0 Å². The zero-order valence-electron chi connectivity index (χ0n) is 11.5. The molecule has 0 heterocycles. The first-order chi connectivity index (χ1) is 7.83. The van der Waals surface area contributed by atoms with E-state index in [1.54, 1.807) is 0 Å². The van der Waals surface area contributed by atoms with E-state index in [1.165, 1.54) is 11.3 Å². The van der Waals surface area contributed by atoms with E-state index in [0.29, 0.717) is 0 Å². The number of anilines is 1. The molecular weight excluding hydrogens is 276 g/mol. The predicted molar refractivity (Wildman–Crippen MR) is 79.7 cm³/mol. The molecule has 0 amide bonds. The van der Waals surface area contributed by atoms with Gasteiger partial charge in [-0.3, -0.25) is 0 Å². The van der Waals surface area contributed by atoms with Crippen LogP contribution < -0.4 is 10.2 Å². The smallest absolute Gasteiger partial charge is 0.0508 e. The lowest BCUT2D eigenvalue weighted by molar-refractivity contribution is 0.424. The Labute approximate surface area is 114 Å². The highest BCUT2D eigenvalue weighted by molar-refractivity contribution is 9.10. The number of nitrogens with zero attached hydrogens (tertiary/aromatic N) is 1. The Bertz CT molecular complexity index is 369. The number of hydrogen-bond acceptors (Lipinski definition) is 2. The second kappa shape index (κ2) is 5.87. The third-order valence-electron chi connectivity index (χ3n) is 2.72. The van der Waals surface area contributed by atoms with Crippen LogP contribution in [0.25, 0.3) is 0 Å². The standard InChI is InChI=1S/C14H23BrN2/c1-6-17(5)13-8-7-11(9-12(13)15)10-16-14(2,3)4/h7-9,16H,6,10H2,1-5H3. The molecule has 0 aliphatic heterocycles. The van der Waals surface area contributed by atoms with Crippen molar-refractivity contribution in [1.29, 1.82) is 0 Å². The van der Waals surface area contributed by atoms with Gasteiger partial charge < -0.3 is 10.2 Å². The first-order valence-corrected chi connectivity index (χ1v) is 6.87. The van der Waals surface area contributed by atoms with Crippen molar-refractivity contribution >= 4 is 21.6 Å². The van der Waals surface area contributed by atoms with Crippen LogP contribution in [0, 0.1) is 0 Å².